The zero-order chi connectivity index (χ0) is 15.2. The first-order valence-corrected chi connectivity index (χ1v) is 7.11. The average Bonchev–Trinajstić information content (AvgIpc) is 2.53. The van der Waals surface area contributed by atoms with Gasteiger partial charge in [0.05, 0.1) is 26.7 Å². The molecule has 112 valence electrons. The number of methoxy groups -OCH3 is 3. The zero-order valence-electron chi connectivity index (χ0n) is 12.4. The van der Waals surface area contributed by atoms with E-state index in [-0.39, 0.29) is 5.38 Å². The van der Waals surface area contributed by atoms with Gasteiger partial charge in [-0.25, -0.2) is 0 Å². The fourth-order valence-electron chi connectivity index (χ4n) is 2.30. The van der Waals surface area contributed by atoms with Crippen LogP contribution in [-0.4, -0.2) is 21.3 Å². The van der Waals surface area contributed by atoms with Crippen molar-refractivity contribution in [2.24, 2.45) is 0 Å². The van der Waals surface area contributed by atoms with Crippen molar-refractivity contribution < 1.29 is 14.2 Å². The normalized spacial score (nSPS) is 11.8. The molecule has 3 nitrogen and oxygen atoms in total. The molecule has 2 aromatic carbocycles. The summed E-state index contributed by atoms with van der Waals surface area (Å²) in [6.07, 6.45) is 0.717. The molecule has 21 heavy (non-hydrogen) atoms. The molecule has 2 rings (SSSR count). The second-order valence-electron chi connectivity index (χ2n) is 4.58. The predicted octanol–water partition coefficient (Wildman–Crippen LogP) is 4.24. The van der Waals surface area contributed by atoms with Crippen molar-refractivity contribution in [2.75, 3.05) is 21.3 Å². The van der Waals surface area contributed by atoms with E-state index in [4.69, 9.17) is 25.8 Å². The van der Waals surface area contributed by atoms with Crippen molar-refractivity contribution in [2.45, 2.75) is 11.8 Å². The van der Waals surface area contributed by atoms with Crippen LogP contribution in [0.4, 0.5) is 0 Å². The van der Waals surface area contributed by atoms with Gasteiger partial charge in [-0.2, -0.15) is 0 Å². The summed E-state index contributed by atoms with van der Waals surface area (Å²) in [6, 6.07) is 13.9. The average molecular weight is 307 g/mol. The molecule has 0 bridgehead atoms. The fraction of sp³-hybridized carbons (Fsp3) is 0.294. The van der Waals surface area contributed by atoms with Gasteiger partial charge in [0.25, 0.3) is 0 Å². The molecule has 0 fully saturated rings. The quantitative estimate of drug-likeness (QED) is 0.747. The lowest BCUT2D eigenvalue weighted by Gasteiger charge is -2.18. The third kappa shape index (κ3) is 3.42. The molecule has 1 atom stereocenters. The van der Waals surface area contributed by atoms with Crippen LogP contribution >= 0.6 is 11.6 Å². The Balaban J connectivity index is 2.34. The number of hydrogen-bond acceptors (Lipinski definition) is 3. The van der Waals surface area contributed by atoms with Gasteiger partial charge in [-0.1, -0.05) is 30.3 Å². The van der Waals surface area contributed by atoms with Gasteiger partial charge >= 0.3 is 0 Å². The summed E-state index contributed by atoms with van der Waals surface area (Å²) >= 11 is 6.57. The van der Waals surface area contributed by atoms with Crippen LogP contribution in [0.1, 0.15) is 16.5 Å². The van der Waals surface area contributed by atoms with Gasteiger partial charge in [0.2, 0.25) is 5.75 Å². The van der Waals surface area contributed by atoms with Crippen molar-refractivity contribution in [1.29, 1.82) is 0 Å². The Hall–Kier alpha value is -1.87. The minimum Gasteiger partial charge on any atom is -0.493 e. The number of halogens is 1. The first-order chi connectivity index (χ1) is 10.2. The smallest absolute Gasteiger partial charge is 0.203 e. The molecule has 0 heterocycles. The lowest BCUT2D eigenvalue weighted by atomic mass is 10.0. The van der Waals surface area contributed by atoms with Gasteiger partial charge < -0.3 is 14.2 Å². The minimum absolute atomic E-state index is 0.206. The van der Waals surface area contributed by atoms with Crippen LogP contribution in [0.3, 0.4) is 0 Å². The lowest BCUT2D eigenvalue weighted by Crippen LogP contribution is -2.02. The van der Waals surface area contributed by atoms with Crippen molar-refractivity contribution in [3.63, 3.8) is 0 Å². The molecule has 0 aliphatic heterocycles. The summed E-state index contributed by atoms with van der Waals surface area (Å²) in [5, 5.41) is -0.206. The lowest BCUT2D eigenvalue weighted by molar-refractivity contribution is 0.322. The molecule has 1 unspecified atom stereocenters. The Morgan fingerprint density at radius 2 is 1.52 bits per heavy atom. The van der Waals surface area contributed by atoms with E-state index in [1.807, 2.05) is 30.3 Å². The molecule has 0 N–H and O–H groups in total. The van der Waals surface area contributed by atoms with Gasteiger partial charge in [0.1, 0.15) is 0 Å². The largest absolute Gasteiger partial charge is 0.493 e. The molecule has 0 saturated carbocycles. The summed E-state index contributed by atoms with van der Waals surface area (Å²) in [5.74, 6) is 1.81. The molecule has 0 amide bonds. The summed E-state index contributed by atoms with van der Waals surface area (Å²) in [4.78, 5) is 0. The Kier molecular flexibility index (Phi) is 5.34. The number of ether oxygens (including phenoxy) is 3. The van der Waals surface area contributed by atoms with E-state index in [1.165, 1.54) is 5.56 Å². The van der Waals surface area contributed by atoms with E-state index in [0.717, 1.165) is 5.56 Å². The molecule has 0 aliphatic carbocycles. The number of alkyl halides is 1. The second kappa shape index (κ2) is 7.23. The minimum atomic E-state index is -0.206. The van der Waals surface area contributed by atoms with Gasteiger partial charge in [-0.3, -0.25) is 0 Å². The van der Waals surface area contributed by atoms with Crippen molar-refractivity contribution >= 4 is 11.6 Å². The summed E-state index contributed by atoms with van der Waals surface area (Å²) in [6.45, 7) is 0. The Labute approximate surface area is 130 Å². The Bertz CT molecular complexity index is 584. The maximum Gasteiger partial charge on any atom is 0.203 e. The van der Waals surface area contributed by atoms with Crippen LogP contribution in [0, 0.1) is 0 Å². The maximum atomic E-state index is 6.57. The van der Waals surface area contributed by atoms with Crippen LogP contribution in [-0.2, 0) is 6.42 Å². The highest BCUT2D eigenvalue weighted by atomic mass is 35.5. The topological polar surface area (TPSA) is 27.7 Å². The molecular formula is C17H19ClO3. The van der Waals surface area contributed by atoms with E-state index in [0.29, 0.717) is 23.7 Å². The van der Waals surface area contributed by atoms with E-state index >= 15 is 0 Å². The third-order valence-corrected chi connectivity index (χ3v) is 3.72. The van der Waals surface area contributed by atoms with E-state index in [1.54, 1.807) is 21.3 Å². The SMILES string of the molecule is COc1ccc(C(Cl)Cc2ccccc2)c(OC)c1OC. The molecule has 0 radical (unpaired) electrons. The molecular weight excluding hydrogens is 288 g/mol. The van der Waals surface area contributed by atoms with Gasteiger partial charge in [0, 0.05) is 5.56 Å². The highest BCUT2D eigenvalue weighted by Gasteiger charge is 2.21. The second-order valence-corrected chi connectivity index (χ2v) is 5.11. The molecule has 2 aromatic rings. The summed E-state index contributed by atoms with van der Waals surface area (Å²) < 4.78 is 16.2. The maximum absolute atomic E-state index is 6.57. The monoisotopic (exact) mass is 306 g/mol. The van der Waals surface area contributed by atoms with Crippen molar-refractivity contribution in [3.05, 3.63) is 53.6 Å². The van der Waals surface area contributed by atoms with Gasteiger partial charge in [0.15, 0.2) is 11.5 Å². The fourth-order valence-corrected chi connectivity index (χ4v) is 2.65. The van der Waals surface area contributed by atoms with Gasteiger partial charge in [-0.05, 0) is 24.1 Å². The first-order valence-electron chi connectivity index (χ1n) is 6.68. The van der Waals surface area contributed by atoms with Crippen molar-refractivity contribution in [1.82, 2.24) is 0 Å². The van der Waals surface area contributed by atoms with Crippen LogP contribution in [0.5, 0.6) is 17.2 Å². The number of benzene rings is 2. The van der Waals surface area contributed by atoms with Crippen LogP contribution < -0.4 is 14.2 Å². The predicted molar refractivity (Wildman–Crippen MR) is 84.8 cm³/mol. The van der Waals surface area contributed by atoms with Crippen LogP contribution in [0.25, 0.3) is 0 Å². The van der Waals surface area contributed by atoms with E-state index in [2.05, 4.69) is 12.1 Å². The summed E-state index contributed by atoms with van der Waals surface area (Å²) in [5.41, 5.74) is 2.06. The van der Waals surface area contributed by atoms with Crippen molar-refractivity contribution in [3.8, 4) is 17.2 Å². The molecule has 4 heteroatoms. The highest BCUT2D eigenvalue weighted by molar-refractivity contribution is 6.21. The summed E-state index contributed by atoms with van der Waals surface area (Å²) in [7, 11) is 4.79. The van der Waals surface area contributed by atoms with E-state index < -0.39 is 0 Å². The Morgan fingerprint density at radius 3 is 2.10 bits per heavy atom. The molecule has 0 saturated heterocycles. The number of hydrogen-bond donors (Lipinski definition) is 0. The van der Waals surface area contributed by atoms with Crippen LogP contribution in [0.15, 0.2) is 42.5 Å². The highest BCUT2D eigenvalue weighted by Crippen LogP contribution is 2.44. The van der Waals surface area contributed by atoms with E-state index in [9.17, 15) is 0 Å². The Morgan fingerprint density at radius 1 is 0.857 bits per heavy atom. The van der Waals surface area contributed by atoms with Crippen LogP contribution in [0.2, 0.25) is 0 Å². The first kappa shape index (κ1) is 15.5. The zero-order valence-corrected chi connectivity index (χ0v) is 13.2. The molecule has 0 spiro atoms. The molecule has 0 aliphatic rings. The molecule has 0 aromatic heterocycles. The third-order valence-electron chi connectivity index (χ3n) is 3.33. The van der Waals surface area contributed by atoms with Gasteiger partial charge in [-0.15, -0.1) is 11.6 Å². The number of rotatable bonds is 6. The standard InChI is InChI=1S/C17H19ClO3/c1-19-15-10-9-13(16(20-2)17(15)21-3)14(18)11-12-7-5-4-6-8-12/h4-10,14H,11H2,1-3H3.